The van der Waals surface area contributed by atoms with Gasteiger partial charge in [-0.3, -0.25) is 0 Å². The van der Waals surface area contributed by atoms with Gasteiger partial charge >= 0.3 is 11.1 Å². The van der Waals surface area contributed by atoms with Crippen molar-refractivity contribution in [2.24, 2.45) is 10.9 Å². The van der Waals surface area contributed by atoms with E-state index in [-0.39, 0.29) is 16.9 Å². The van der Waals surface area contributed by atoms with E-state index in [1.165, 1.54) is 0 Å². The Bertz CT molecular complexity index is 298. The fourth-order valence-electron chi connectivity index (χ4n) is 1.30. The van der Waals surface area contributed by atoms with E-state index in [9.17, 15) is 4.79 Å². The molecule has 0 saturated carbocycles. The van der Waals surface area contributed by atoms with Crippen molar-refractivity contribution in [2.45, 2.75) is 18.9 Å². The van der Waals surface area contributed by atoms with E-state index >= 15 is 0 Å². The summed E-state index contributed by atoms with van der Waals surface area (Å²) in [5.74, 6) is 3.67. The second-order valence-corrected chi connectivity index (χ2v) is 3.51. The van der Waals surface area contributed by atoms with Crippen molar-refractivity contribution >= 4 is 28.5 Å². The van der Waals surface area contributed by atoms with Crippen molar-refractivity contribution in [3.63, 3.8) is 0 Å². The van der Waals surface area contributed by atoms with Crippen LogP contribution in [0.4, 0.5) is 0 Å². The molecule has 1 aliphatic rings. The van der Waals surface area contributed by atoms with Crippen LogP contribution in [0.3, 0.4) is 0 Å². The zero-order chi connectivity index (χ0) is 11.3. The Morgan fingerprint density at radius 3 is 2.60 bits per heavy atom. The van der Waals surface area contributed by atoms with Gasteiger partial charge in [0.25, 0.3) is 5.71 Å². The SMILES string of the molecule is NN=C(C(=O)O)C(Cl)=[NH+]C1CCOCC1. The minimum atomic E-state index is -1.25. The topological polar surface area (TPSA) is 98.9 Å². The molecule has 4 N–H and O–H groups in total. The smallest absolute Gasteiger partial charge is 0.364 e. The first-order valence-corrected chi connectivity index (χ1v) is 4.91. The third-order valence-corrected chi connectivity index (χ3v) is 2.38. The maximum absolute atomic E-state index is 10.6. The molecule has 0 aliphatic carbocycles. The molecule has 84 valence electrons. The molecule has 15 heavy (non-hydrogen) atoms. The van der Waals surface area contributed by atoms with Gasteiger partial charge in [-0.05, 0) is 11.6 Å². The van der Waals surface area contributed by atoms with Crippen LogP contribution in [0, 0.1) is 0 Å². The Kier molecular flexibility index (Phi) is 4.51. The maximum Gasteiger partial charge on any atom is 0.364 e. The lowest BCUT2D eigenvalue weighted by molar-refractivity contribution is -0.506. The molecule has 1 heterocycles. The molecule has 0 unspecified atom stereocenters. The number of carboxylic acid groups (broad SMARTS) is 1. The molecular formula is C8H13ClN3O3+. The molecule has 0 atom stereocenters. The summed E-state index contributed by atoms with van der Waals surface area (Å²) in [7, 11) is 0. The summed E-state index contributed by atoms with van der Waals surface area (Å²) in [6.45, 7) is 1.29. The number of rotatable bonds is 3. The number of halogens is 1. The number of hydrogen-bond acceptors (Lipinski definition) is 4. The molecule has 1 aliphatic heterocycles. The van der Waals surface area contributed by atoms with Gasteiger partial charge in [-0.2, -0.15) is 5.10 Å². The van der Waals surface area contributed by atoms with Crippen LogP contribution in [0.1, 0.15) is 12.8 Å². The van der Waals surface area contributed by atoms with Gasteiger partial charge in [-0.25, -0.2) is 9.79 Å². The molecule has 0 spiro atoms. The van der Waals surface area contributed by atoms with Crippen LogP contribution >= 0.6 is 11.6 Å². The summed E-state index contributed by atoms with van der Waals surface area (Å²) in [6.07, 6.45) is 1.57. The molecule has 1 saturated heterocycles. The van der Waals surface area contributed by atoms with E-state index < -0.39 is 5.97 Å². The highest BCUT2D eigenvalue weighted by Gasteiger charge is 2.24. The normalized spacial score (nSPS) is 20.3. The van der Waals surface area contributed by atoms with Gasteiger partial charge in [0.15, 0.2) is 6.04 Å². The second kappa shape index (κ2) is 5.67. The number of hydrazone groups is 1. The van der Waals surface area contributed by atoms with E-state index in [2.05, 4.69) is 10.1 Å². The molecular weight excluding hydrogens is 222 g/mol. The predicted octanol–water partition coefficient (Wildman–Crippen LogP) is -1.72. The standard InChI is InChI=1S/C8H12ClN3O3/c9-7(6(12-10)8(13)14)11-5-1-3-15-4-2-5/h5H,1-4,10H2,(H,13,14)/p+1. The molecule has 7 heteroatoms. The summed E-state index contributed by atoms with van der Waals surface area (Å²) in [5.41, 5.74) is -0.358. The van der Waals surface area contributed by atoms with E-state index in [4.69, 9.17) is 27.3 Å². The lowest BCUT2D eigenvalue weighted by atomic mass is 10.1. The number of nitrogens with zero attached hydrogens (tertiary/aromatic N) is 1. The van der Waals surface area contributed by atoms with Gasteiger partial charge < -0.3 is 15.7 Å². The van der Waals surface area contributed by atoms with Gasteiger partial charge in [-0.1, -0.05) is 0 Å². The first-order valence-electron chi connectivity index (χ1n) is 4.53. The van der Waals surface area contributed by atoms with Crippen molar-refractivity contribution in [1.82, 2.24) is 0 Å². The van der Waals surface area contributed by atoms with Crippen LogP contribution in [-0.2, 0) is 9.53 Å². The molecule has 0 amide bonds. The molecule has 0 aromatic carbocycles. The van der Waals surface area contributed by atoms with Crippen molar-refractivity contribution < 1.29 is 19.6 Å². The highest BCUT2D eigenvalue weighted by atomic mass is 35.5. The minimum Gasteiger partial charge on any atom is -0.476 e. The van der Waals surface area contributed by atoms with Crippen LogP contribution in [0.2, 0.25) is 0 Å². The molecule has 1 fully saturated rings. The van der Waals surface area contributed by atoms with E-state index in [0.29, 0.717) is 13.2 Å². The first-order chi connectivity index (χ1) is 7.15. The molecule has 0 aromatic rings. The van der Waals surface area contributed by atoms with Gasteiger partial charge in [0, 0.05) is 12.8 Å². The average Bonchev–Trinajstić information content (AvgIpc) is 2.19. The third kappa shape index (κ3) is 3.49. The van der Waals surface area contributed by atoms with Crippen LogP contribution in [0.5, 0.6) is 0 Å². The highest BCUT2D eigenvalue weighted by molar-refractivity contribution is 6.90. The van der Waals surface area contributed by atoms with Gasteiger partial charge in [0.1, 0.15) is 0 Å². The fourth-order valence-corrected chi connectivity index (χ4v) is 1.58. The Morgan fingerprint density at radius 1 is 1.53 bits per heavy atom. The fraction of sp³-hybridized carbons (Fsp3) is 0.625. The molecule has 0 bridgehead atoms. The van der Waals surface area contributed by atoms with Gasteiger partial charge in [0.2, 0.25) is 0 Å². The zero-order valence-corrected chi connectivity index (χ0v) is 8.83. The predicted molar refractivity (Wildman–Crippen MR) is 54.9 cm³/mol. The number of carboxylic acids is 1. The Hall–Kier alpha value is -1.14. The summed E-state index contributed by atoms with van der Waals surface area (Å²) in [4.78, 5) is 13.5. The third-order valence-electron chi connectivity index (χ3n) is 2.09. The summed E-state index contributed by atoms with van der Waals surface area (Å²) in [5, 5.41) is 11.8. The number of nitrogens with two attached hydrogens (primary N) is 1. The Morgan fingerprint density at radius 2 is 2.13 bits per heavy atom. The summed E-state index contributed by atoms with van der Waals surface area (Å²) < 4.78 is 5.15. The van der Waals surface area contributed by atoms with E-state index in [1.807, 2.05) is 0 Å². The number of carbonyl (C=O) groups is 1. The lowest BCUT2D eigenvalue weighted by Crippen LogP contribution is -2.81. The number of aliphatic carboxylic acids is 1. The monoisotopic (exact) mass is 234 g/mol. The quantitative estimate of drug-likeness (QED) is 0.307. The van der Waals surface area contributed by atoms with Crippen molar-refractivity contribution in [3.05, 3.63) is 0 Å². The Balaban J connectivity index is 2.68. The second-order valence-electron chi connectivity index (χ2n) is 3.13. The minimum absolute atomic E-state index is 0.0306. The molecule has 0 aromatic heterocycles. The average molecular weight is 235 g/mol. The Labute approximate surface area is 91.8 Å². The molecule has 0 radical (unpaired) electrons. The van der Waals surface area contributed by atoms with Gasteiger partial charge in [-0.15, -0.1) is 0 Å². The van der Waals surface area contributed by atoms with Crippen molar-refractivity contribution in [2.75, 3.05) is 13.2 Å². The van der Waals surface area contributed by atoms with Crippen molar-refractivity contribution in [3.8, 4) is 0 Å². The summed E-state index contributed by atoms with van der Waals surface area (Å²) in [6, 6.07) is 0.113. The first kappa shape index (κ1) is 11.9. The van der Waals surface area contributed by atoms with Crippen LogP contribution < -0.4 is 10.8 Å². The van der Waals surface area contributed by atoms with Crippen LogP contribution in [-0.4, -0.2) is 41.2 Å². The number of ether oxygens (including phenoxy) is 1. The van der Waals surface area contributed by atoms with Crippen LogP contribution in [0.15, 0.2) is 5.10 Å². The highest BCUT2D eigenvalue weighted by Crippen LogP contribution is 2.01. The molecule has 1 rings (SSSR count). The van der Waals surface area contributed by atoms with Crippen LogP contribution in [0.25, 0.3) is 0 Å². The maximum atomic E-state index is 10.6. The molecule has 6 nitrogen and oxygen atoms in total. The number of hydrogen-bond donors (Lipinski definition) is 3. The zero-order valence-electron chi connectivity index (χ0n) is 8.07. The summed E-state index contributed by atoms with van der Waals surface area (Å²) >= 11 is 5.75. The lowest BCUT2D eigenvalue weighted by Gasteiger charge is -2.14. The number of nitrogens with one attached hydrogen (secondary N) is 1. The van der Waals surface area contributed by atoms with Gasteiger partial charge in [0.05, 0.1) is 13.2 Å². The largest absolute Gasteiger partial charge is 0.476 e. The van der Waals surface area contributed by atoms with Crippen molar-refractivity contribution in [1.29, 1.82) is 0 Å². The van der Waals surface area contributed by atoms with E-state index in [1.54, 1.807) is 0 Å². The van der Waals surface area contributed by atoms with E-state index in [0.717, 1.165) is 12.8 Å².